The summed E-state index contributed by atoms with van der Waals surface area (Å²) in [7, 11) is 0. The normalized spacial score (nSPS) is 10.2. The van der Waals surface area contributed by atoms with Crippen molar-refractivity contribution in [3.8, 4) is 0 Å². The van der Waals surface area contributed by atoms with Crippen LogP contribution in [0.5, 0.6) is 0 Å². The third-order valence-electron chi connectivity index (χ3n) is 0.953. The van der Waals surface area contributed by atoms with Gasteiger partial charge in [-0.1, -0.05) is 6.58 Å². The van der Waals surface area contributed by atoms with Gasteiger partial charge in [-0.25, -0.2) is 9.97 Å². The molecule has 1 aromatic rings. The first-order chi connectivity index (χ1) is 5.34. The number of nitrogens with two attached hydrogens (primary N) is 1. The zero-order valence-electron chi connectivity index (χ0n) is 5.81. The Morgan fingerprint density at radius 1 is 1.64 bits per heavy atom. The van der Waals surface area contributed by atoms with E-state index in [-0.39, 0.29) is 0 Å². The van der Waals surface area contributed by atoms with Gasteiger partial charge in [-0.2, -0.15) is 5.11 Å². The molecule has 0 amide bonds. The molecule has 0 radical (unpaired) electrons. The van der Waals surface area contributed by atoms with Crippen LogP contribution in [0.15, 0.2) is 35.5 Å². The molecule has 0 saturated heterocycles. The standard InChI is InChI=1S/C6H7N5/c1-2-10-11-6-5(7)3-8-4-9-6/h2-4H,1,7H2. The number of hydrogen-bond acceptors (Lipinski definition) is 5. The zero-order valence-corrected chi connectivity index (χ0v) is 5.81. The Hall–Kier alpha value is -1.78. The van der Waals surface area contributed by atoms with Crippen molar-refractivity contribution >= 4 is 11.5 Å². The van der Waals surface area contributed by atoms with Crippen LogP contribution in [-0.2, 0) is 0 Å². The van der Waals surface area contributed by atoms with Gasteiger partial charge < -0.3 is 5.73 Å². The lowest BCUT2D eigenvalue weighted by Gasteiger charge is -1.92. The summed E-state index contributed by atoms with van der Waals surface area (Å²) in [6.07, 6.45) is 4.12. The van der Waals surface area contributed by atoms with E-state index in [9.17, 15) is 0 Å². The van der Waals surface area contributed by atoms with E-state index in [1.54, 1.807) is 0 Å². The highest BCUT2D eigenvalue weighted by molar-refractivity contribution is 5.54. The van der Waals surface area contributed by atoms with Gasteiger partial charge in [0.25, 0.3) is 0 Å². The SMILES string of the molecule is C=CN=Nc1ncncc1N. The fourth-order valence-corrected chi connectivity index (χ4v) is 0.513. The number of anilines is 1. The molecule has 56 valence electrons. The maximum absolute atomic E-state index is 5.45. The molecule has 0 spiro atoms. The van der Waals surface area contributed by atoms with Gasteiger partial charge in [0.15, 0.2) is 0 Å². The molecular formula is C6H7N5. The minimum atomic E-state index is 0.361. The largest absolute Gasteiger partial charge is 0.394 e. The highest BCUT2D eigenvalue weighted by atomic mass is 15.1. The van der Waals surface area contributed by atoms with Crippen molar-refractivity contribution in [2.75, 3.05) is 5.73 Å². The van der Waals surface area contributed by atoms with Crippen LogP contribution in [0.1, 0.15) is 0 Å². The van der Waals surface area contributed by atoms with Crippen LogP contribution < -0.4 is 5.73 Å². The molecule has 0 aliphatic rings. The Morgan fingerprint density at radius 3 is 3.09 bits per heavy atom. The van der Waals surface area contributed by atoms with Crippen molar-refractivity contribution in [2.45, 2.75) is 0 Å². The van der Waals surface area contributed by atoms with Crippen molar-refractivity contribution in [1.29, 1.82) is 0 Å². The third kappa shape index (κ3) is 1.82. The van der Waals surface area contributed by atoms with Crippen LogP contribution in [0.4, 0.5) is 11.5 Å². The molecule has 1 rings (SSSR count). The van der Waals surface area contributed by atoms with Crippen LogP contribution >= 0.6 is 0 Å². The van der Waals surface area contributed by atoms with E-state index >= 15 is 0 Å². The number of aromatic nitrogens is 2. The summed E-state index contributed by atoms with van der Waals surface area (Å²) in [5.41, 5.74) is 5.85. The molecule has 1 heterocycles. The summed E-state index contributed by atoms with van der Waals surface area (Å²) in [4.78, 5) is 7.46. The first-order valence-electron chi connectivity index (χ1n) is 2.92. The molecule has 0 aliphatic heterocycles. The predicted octanol–water partition coefficient (Wildman–Crippen LogP) is 1.29. The maximum atomic E-state index is 5.45. The number of nitrogen functional groups attached to an aromatic ring is 1. The lowest BCUT2D eigenvalue weighted by atomic mass is 10.5. The molecule has 0 atom stereocenters. The van der Waals surface area contributed by atoms with Crippen LogP contribution in [-0.4, -0.2) is 9.97 Å². The molecular weight excluding hydrogens is 142 g/mol. The van der Waals surface area contributed by atoms with Gasteiger partial charge in [-0.05, 0) is 0 Å². The molecule has 2 N–H and O–H groups in total. The average Bonchev–Trinajstić information content (AvgIpc) is 2.03. The van der Waals surface area contributed by atoms with Gasteiger partial charge in [0.05, 0.1) is 11.9 Å². The topological polar surface area (TPSA) is 76.5 Å². The molecule has 0 aromatic carbocycles. The molecule has 0 aliphatic carbocycles. The molecule has 5 nitrogen and oxygen atoms in total. The van der Waals surface area contributed by atoms with Crippen molar-refractivity contribution in [2.24, 2.45) is 10.2 Å². The summed E-state index contributed by atoms with van der Waals surface area (Å²) in [5, 5.41) is 7.18. The molecule has 0 fully saturated rings. The molecule has 0 saturated carbocycles. The number of nitrogens with zero attached hydrogens (tertiary/aromatic N) is 4. The number of rotatable bonds is 2. The second kappa shape index (κ2) is 3.40. The zero-order chi connectivity index (χ0) is 8.10. The lowest BCUT2D eigenvalue weighted by molar-refractivity contribution is 1.10. The van der Waals surface area contributed by atoms with E-state index in [1.165, 1.54) is 18.7 Å². The van der Waals surface area contributed by atoms with E-state index < -0.39 is 0 Å². The first kappa shape index (κ1) is 7.33. The second-order valence-electron chi connectivity index (χ2n) is 1.70. The van der Waals surface area contributed by atoms with Crippen molar-refractivity contribution < 1.29 is 0 Å². The quantitative estimate of drug-likeness (QED) is 0.643. The summed E-state index contributed by atoms with van der Waals surface area (Å²) < 4.78 is 0. The van der Waals surface area contributed by atoms with E-state index in [2.05, 4.69) is 26.8 Å². The molecule has 11 heavy (non-hydrogen) atoms. The van der Waals surface area contributed by atoms with Crippen LogP contribution in [0.2, 0.25) is 0 Å². The Bertz CT molecular complexity index is 280. The van der Waals surface area contributed by atoms with Gasteiger partial charge >= 0.3 is 0 Å². The highest BCUT2D eigenvalue weighted by Crippen LogP contribution is 2.15. The van der Waals surface area contributed by atoms with Gasteiger partial charge in [0, 0.05) is 6.20 Å². The fourth-order valence-electron chi connectivity index (χ4n) is 0.513. The van der Waals surface area contributed by atoms with E-state index in [1.807, 2.05) is 0 Å². The first-order valence-corrected chi connectivity index (χ1v) is 2.92. The molecule has 5 heteroatoms. The Balaban J connectivity index is 2.94. The molecule has 1 aromatic heterocycles. The van der Waals surface area contributed by atoms with Gasteiger partial charge in [-0.3, -0.25) is 0 Å². The molecule has 0 unspecified atom stereocenters. The van der Waals surface area contributed by atoms with Crippen molar-refractivity contribution in [3.63, 3.8) is 0 Å². The lowest BCUT2D eigenvalue weighted by Crippen LogP contribution is -1.88. The summed E-state index contributed by atoms with van der Waals surface area (Å²) >= 11 is 0. The van der Waals surface area contributed by atoms with Crippen molar-refractivity contribution in [3.05, 3.63) is 25.3 Å². The van der Waals surface area contributed by atoms with E-state index in [0.717, 1.165) is 0 Å². The van der Waals surface area contributed by atoms with Crippen LogP contribution in [0.3, 0.4) is 0 Å². The number of hydrogen-bond donors (Lipinski definition) is 1. The highest BCUT2D eigenvalue weighted by Gasteiger charge is 1.94. The predicted molar refractivity (Wildman–Crippen MR) is 41.2 cm³/mol. The minimum absolute atomic E-state index is 0.361. The Morgan fingerprint density at radius 2 is 2.45 bits per heavy atom. The summed E-state index contributed by atoms with van der Waals surface area (Å²) in [5.74, 6) is 0.361. The van der Waals surface area contributed by atoms with Gasteiger partial charge in [0.2, 0.25) is 5.82 Å². The van der Waals surface area contributed by atoms with Crippen LogP contribution in [0.25, 0.3) is 0 Å². The Kier molecular flexibility index (Phi) is 2.27. The molecule has 0 bridgehead atoms. The smallest absolute Gasteiger partial charge is 0.200 e. The van der Waals surface area contributed by atoms with Crippen molar-refractivity contribution in [1.82, 2.24) is 9.97 Å². The third-order valence-corrected chi connectivity index (χ3v) is 0.953. The average molecular weight is 149 g/mol. The van der Waals surface area contributed by atoms with E-state index in [4.69, 9.17) is 5.73 Å². The maximum Gasteiger partial charge on any atom is 0.200 e. The number of azo groups is 1. The van der Waals surface area contributed by atoms with Gasteiger partial charge in [0.1, 0.15) is 6.33 Å². The minimum Gasteiger partial charge on any atom is -0.394 e. The van der Waals surface area contributed by atoms with E-state index in [0.29, 0.717) is 11.5 Å². The summed E-state index contributed by atoms with van der Waals surface area (Å²) in [6, 6.07) is 0. The van der Waals surface area contributed by atoms with Crippen LogP contribution in [0, 0.1) is 0 Å². The Labute approximate surface area is 63.7 Å². The fraction of sp³-hybridized carbons (Fsp3) is 0. The monoisotopic (exact) mass is 149 g/mol. The van der Waals surface area contributed by atoms with Gasteiger partial charge in [-0.15, -0.1) is 5.11 Å². The second-order valence-corrected chi connectivity index (χ2v) is 1.70. The summed E-state index contributed by atoms with van der Waals surface area (Å²) in [6.45, 7) is 3.36.